The highest BCUT2D eigenvalue weighted by Gasteiger charge is 2.18. The Hall–Kier alpha value is -2.38. The van der Waals surface area contributed by atoms with Gasteiger partial charge in [-0.2, -0.15) is 5.26 Å². The summed E-state index contributed by atoms with van der Waals surface area (Å²) in [6.45, 7) is 8.63. The summed E-state index contributed by atoms with van der Waals surface area (Å²) in [5.41, 5.74) is 5.73. The lowest BCUT2D eigenvalue weighted by molar-refractivity contribution is 0.471. The lowest BCUT2D eigenvalue weighted by atomic mass is 9.92. The van der Waals surface area contributed by atoms with Gasteiger partial charge >= 0.3 is 0 Å². The first-order chi connectivity index (χ1) is 11.9. The van der Waals surface area contributed by atoms with E-state index in [1.54, 1.807) is 0 Å². The molecule has 2 aromatic rings. The minimum atomic E-state index is 0.151. The Morgan fingerprint density at radius 3 is 2.36 bits per heavy atom. The number of hydrogen-bond donors (Lipinski definition) is 2. The third kappa shape index (κ3) is 5.30. The van der Waals surface area contributed by atoms with Gasteiger partial charge in [0.05, 0.1) is 18.5 Å². The summed E-state index contributed by atoms with van der Waals surface area (Å²) in [7, 11) is 0. The Morgan fingerprint density at radius 2 is 1.80 bits per heavy atom. The third-order valence-corrected chi connectivity index (χ3v) is 4.43. The smallest absolute Gasteiger partial charge is 0.171 e. The van der Waals surface area contributed by atoms with Gasteiger partial charge in [0.1, 0.15) is 0 Å². The van der Waals surface area contributed by atoms with Crippen molar-refractivity contribution >= 4 is 23.0 Å². The predicted molar refractivity (Wildman–Crippen MR) is 109 cm³/mol. The number of nitrogens with one attached hydrogen (secondary N) is 2. The van der Waals surface area contributed by atoms with Crippen molar-refractivity contribution in [3.05, 3.63) is 64.7 Å². The van der Waals surface area contributed by atoms with Crippen LogP contribution < -0.4 is 10.6 Å². The zero-order valence-electron chi connectivity index (χ0n) is 15.3. The largest absolute Gasteiger partial charge is 0.355 e. The van der Waals surface area contributed by atoms with Crippen LogP contribution in [-0.4, -0.2) is 5.11 Å². The van der Waals surface area contributed by atoms with Crippen LogP contribution in [0.25, 0.3) is 0 Å². The van der Waals surface area contributed by atoms with Gasteiger partial charge in [0.25, 0.3) is 0 Å². The van der Waals surface area contributed by atoms with Gasteiger partial charge in [-0.05, 0) is 60.8 Å². The van der Waals surface area contributed by atoms with Crippen molar-refractivity contribution in [2.75, 3.05) is 5.32 Å². The first-order valence-electron chi connectivity index (χ1n) is 8.51. The molecule has 130 valence electrons. The molecule has 0 saturated heterocycles. The normalized spacial score (nSPS) is 11.7. The molecule has 25 heavy (non-hydrogen) atoms. The molecule has 0 saturated carbocycles. The molecule has 0 bridgehead atoms. The maximum Gasteiger partial charge on any atom is 0.171 e. The Balaban J connectivity index is 2.09. The summed E-state index contributed by atoms with van der Waals surface area (Å²) < 4.78 is 0. The van der Waals surface area contributed by atoms with Crippen LogP contribution in [-0.2, 0) is 6.42 Å². The van der Waals surface area contributed by atoms with Gasteiger partial charge in [-0.15, -0.1) is 0 Å². The fourth-order valence-corrected chi connectivity index (χ4v) is 3.13. The van der Waals surface area contributed by atoms with Crippen molar-refractivity contribution in [1.29, 1.82) is 5.26 Å². The monoisotopic (exact) mass is 351 g/mol. The van der Waals surface area contributed by atoms with Crippen molar-refractivity contribution in [3.63, 3.8) is 0 Å². The fraction of sp³-hybridized carbons (Fsp3) is 0.333. The van der Waals surface area contributed by atoms with Gasteiger partial charge in [0, 0.05) is 5.69 Å². The first kappa shape index (κ1) is 19.0. The zero-order valence-corrected chi connectivity index (χ0v) is 16.1. The minimum Gasteiger partial charge on any atom is -0.355 e. The lowest BCUT2D eigenvalue weighted by Gasteiger charge is -2.26. The molecule has 2 aromatic carbocycles. The Labute approximate surface area is 156 Å². The maximum atomic E-state index is 8.74. The van der Waals surface area contributed by atoms with E-state index in [0.717, 1.165) is 11.3 Å². The molecule has 0 aliphatic rings. The number of hydrogen-bond acceptors (Lipinski definition) is 2. The van der Waals surface area contributed by atoms with Gasteiger partial charge < -0.3 is 10.6 Å². The number of anilines is 1. The van der Waals surface area contributed by atoms with Gasteiger partial charge in [-0.25, -0.2) is 0 Å². The van der Waals surface area contributed by atoms with Crippen LogP contribution in [0.5, 0.6) is 0 Å². The summed E-state index contributed by atoms with van der Waals surface area (Å²) in [6.07, 6.45) is 0.422. The third-order valence-electron chi connectivity index (χ3n) is 4.21. The molecule has 2 rings (SSSR count). The number of nitrogens with zero attached hydrogens (tertiary/aromatic N) is 1. The number of benzene rings is 2. The topological polar surface area (TPSA) is 47.8 Å². The van der Waals surface area contributed by atoms with Crippen molar-refractivity contribution < 1.29 is 0 Å². The molecule has 0 heterocycles. The van der Waals surface area contributed by atoms with E-state index >= 15 is 0 Å². The SMILES string of the molecule is Cc1ccc([C@@H](NC(=S)Nc2ccc(CC#N)cc2)C(C)C)c(C)c1. The average Bonchev–Trinajstić information content (AvgIpc) is 2.55. The van der Waals surface area contributed by atoms with Gasteiger partial charge in [-0.1, -0.05) is 49.7 Å². The standard InChI is InChI=1S/C21H25N3S/c1-14(2)20(19-10-5-15(3)13-16(19)4)24-21(25)23-18-8-6-17(7-9-18)11-12-22/h5-10,13-14,20H,11H2,1-4H3,(H2,23,24,25)/t20-/m0/s1. The predicted octanol–water partition coefficient (Wildman–Crippen LogP) is 5.05. The van der Waals surface area contributed by atoms with Gasteiger partial charge in [-0.3, -0.25) is 0 Å². The highest BCUT2D eigenvalue weighted by molar-refractivity contribution is 7.80. The van der Waals surface area contributed by atoms with E-state index in [4.69, 9.17) is 17.5 Å². The molecule has 2 N–H and O–H groups in total. The fourth-order valence-electron chi connectivity index (χ4n) is 2.88. The van der Waals surface area contributed by atoms with Crippen molar-refractivity contribution in [3.8, 4) is 6.07 Å². The highest BCUT2D eigenvalue weighted by atomic mass is 32.1. The molecule has 3 nitrogen and oxygen atoms in total. The van der Waals surface area contributed by atoms with E-state index in [1.807, 2.05) is 24.3 Å². The molecule has 4 heteroatoms. The Bertz CT molecular complexity index is 773. The number of aryl methyl sites for hydroxylation is 2. The van der Waals surface area contributed by atoms with E-state index < -0.39 is 0 Å². The number of thiocarbonyl (C=S) groups is 1. The zero-order chi connectivity index (χ0) is 18.4. The quantitative estimate of drug-likeness (QED) is 0.740. The van der Waals surface area contributed by atoms with Crippen LogP contribution in [0.2, 0.25) is 0 Å². The summed E-state index contributed by atoms with van der Waals surface area (Å²) in [4.78, 5) is 0. The molecule has 0 aromatic heterocycles. The second kappa shape index (κ2) is 8.64. The molecule has 0 spiro atoms. The minimum absolute atomic E-state index is 0.151. The maximum absolute atomic E-state index is 8.74. The molecule has 1 atom stereocenters. The van der Waals surface area contributed by atoms with Crippen molar-refractivity contribution in [2.45, 2.75) is 40.2 Å². The summed E-state index contributed by atoms with van der Waals surface area (Å²) in [5, 5.41) is 16.0. The van der Waals surface area contributed by atoms with Crippen LogP contribution in [0.15, 0.2) is 42.5 Å². The molecular weight excluding hydrogens is 326 g/mol. The molecule has 0 aliphatic heterocycles. The van der Waals surface area contributed by atoms with E-state index in [9.17, 15) is 0 Å². The highest BCUT2D eigenvalue weighted by Crippen LogP contribution is 2.25. The van der Waals surface area contributed by atoms with E-state index in [1.165, 1.54) is 16.7 Å². The van der Waals surface area contributed by atoms with Crippen LogP contribution >= 0.6 is 12.2 Å². The molecule has 0 radical (unpaired) electrons. The summed E-state index contributed by atoms with van der Waals surface area (Å²) >= 11 is 5.51. The van der Waals surface area contributed by atoms with Crippen LogP contribution in [0.4, 0.5) is 5.69 Å². The number of rotatable bonds is 5. The van der Waals surface area contributed by atoms with E-state index in [-0.39, 0.29) is 6.04 Å². The molecule has 0 amide bonds. The number of nitriles is 1. The van der Waals surface area contributed by atoms with Crippen LogP contribution in [0, 0.1) is 31.1 Å². The molecular formula is C21H25N3S. The van der Waals surface area contributed by atoms with E-state index in [2.05, 4.69) is 62.6 Å². The van der Waals surface area contributed by atoms with Crippen molar-refractivity contribution in [2.24, 2.45) is 5.92 Å². The summed E-state index contributed by atoms with van der Waals surface area (Å²) in [5.74, 6) is 0.402. The van der Waals surface area contributed by atoms with Crippen LogP contribution in [0.3, 0.4) is 0 Å². The van der Waals surface area contributed by atoms with Crippen LogP contribution in [0.1, 0.15) is 42.1 Å². The second-order valence-electron chi connectivity index (χ2n) is 6.71. The lowest BCUT2D eigenvalue weighted by Crippen LogP contribution is -2.35. The van der Waals surface area contributed by atoms with Gasteiger partial charge in [0.15, 0.2) is 5.11 Å². The molecule has 0 aliphatic carbocycles. The molecule has 0 unspecified atom stereocenters. The Kier molecular flexibility index (Phi) is 6.55. The van der Waals surface area contributed by atoms with Crippen molar-refractivity contribution in [1.82, 2.24) is 5.32 Å². The average molecular weight is 352 g/mol. The van der Waals surface area contributed by atoms with E-state index in [0.29, 0.717) is 17.5 Å². The summed E-state index contributed by atoms with van der Waals surface area (Å²) in [6, 6.07) is 16.6. The Morgan fingerprint density at radius 1 is 1.12 bits per heavy atom. The van der Waals surface area contributed by atoms with Gasteiger partial charge in [0.2, 0.25) is 0 Å². The second-order valence-corrected chi connectivity index (χ2v) is 7.12. The molecule has 0 fully saturated rings. The first-order valence-corrected chi connectivity index (χ1v) is 8.92.